The Morgan fingerprint density at radius 1 is 0.544 bits per heavy atom. The highest BCUT2D eigenvalue weighted by atomic mass is 36.0. The van der Waals surface area contributed by atoms with Crippen molar-refractivity contribution in [3.05, 3.63) is 101 Å². The number of aromatic carboxylic acids is 1. The predicted octanol–water partition coefficient (Wildman–Crippen LogP) is 10.4. The van der Waals surface area contributed by atoms with E-state index in [2.05, 4.69) is 33.9 Å². The third-order valence-electron chi connectivity index (χ3n) is 11.9. The molecule has 90 heavy (non-hydrogen) atoms. The molecule has 6 atom stereocenters. The second-order valence-electron chi connectivity index (χ2n) is 19.4. The number of benzene rings is 3. The Kier molecular flexibility index (Phi) is 44.7. The normalized spacial score (nSPS) is 17.1. The molecule has 0 amide bonds. The summed E-state index contributed by atoms with van der Waals surface area (Å²) in [5, 5.41) is 47.5. The molecular weight excluding hydrogens is 1420 g/mol. The molecule has 0 radical (unpaired) electrons. The summed E-state index contributed by atoms with van der Waals surface area (Å²) in [4.78, 5) is 57.4. The smallest absolute Gasteiger partial charge is 0.451 e. The van der Waals surface area contributed by atoms with Crippen molar-refractivity contribution in [1.82, 2.24) is 0 Å². The molecule has 35 heteroatoms. The number of unbranched alkanes of at least 4 members (excludes halogenated alkanes) is 3. The fourth-order valence-corrected chi connectivity index (χ4v) is 17.5. The molecule has 3 aromatic carbocycles. The summed E-state index contributed by atoms with van der Waals surface area (Å²) in [5.74, 6) is 0.529. The number of aliphatic hydroxyl groups excluding tert-OH is 4. The second kappa shape index (κ2) is 48.1. The molecule has 3 heterocycles. The van der Waals surface area contributed by atoms with Gasteiger partial charge in [-0.15, -0.1) is 0 Å². The topological polar surface area (TPSA) is 354 Å². The highest BCUT2D eigenvalue weighted by Gasteiger charge is 2.25. The fraction of sp³-hybridized carbons (Fsp3) is 0.582. The third kappa shape index (κ3) is 44.9. The van der Waals surface area contributed by atoms with Crippen molar-refractivity contribution < 1.29 is 106 Å². The van der Waals surface area contributed by atoms with Gasteiger partial charge in [-0.1, -0.05) is 145 Å². The van der Waals surface area contributed by atoms with Crippen LogP contribution < -0.4 is 4.74 Å². The number of halogens is 3. The molecule has 0 saturated carbocycles. The number of rotatable bonds is 34. The number of hydrogen-bond donors (Lipinski definition) is 5. The lowest BCUT2D eigenvalue weighted by Gasteiger charge is -2.13. The van der Waals surface area contributed by atoms with E-state index in [-0.39, 0.29) is 50.1 Å². The molecule has 5 N–H and O–H groups in total. The van der Waals surface area contributed by atoms with Crippen LogP contribution in [0.1, 0.15) is 128 Å². The van der Waals surface area contributed by atoms with Gasteiger partial charge in [-0.3, -0.25) is 18.6 Å². The minimum absolute atomic E-state index is 0.106. The first-order valence-electron chi connectivity index (χ1n) is 28.0. The predicted molar refractivity (Wildman–Crippen MR) is 356 cm³/mol. The maximum atomic E-state index is 12.5. The lowest BCUT2D eigenvalue weighted by atomic mass is 10.1. The SMILES string of the molecule is Cc1ccccc1C(=O)O.O=C(CCCC[C@@H]1CCSS1)OC[C@@H](O)CO.O=C(CCCC[C@@H]1CCSS1)OC[C@@H](O)COS(=O)(=O)Cl.O=C(CCCC[C@@H]1CCSS1)OC[C@@H](O)COS(=O)(=O)OC(=O)c1ccccc1OCc1ccccc1.O=S(=O)(Cl)Cl. The van der Waals surface area contributed by atoms with Gasteiger partial charge in [-0.25, -0.2) is 13.8 Å². The fourth-order valence-electron chi connectivity index (χ4n) is 7.34. The van der Waals surface area contributed by atoms with Crippen LogP contribution in [0.4, 0.5) is 0 Å². The lowest BCUT2D eigenvalue weighted by Crippen LogP contribution is -2.27. The molecule has 0 bridgehead atoms. The zero-order chi connectivity index (χ0) is 66.8. The average Bonchev–Trinajstić information content (AvgIpc) is 1.71. The van der Waals surface area contributed by atoms with Crippen molar-refractivity contribution >= 4 is 155 Å². The number of ether oxygens (including phenoxy) is 4. The van der Waals surface area contributed by atoms with E-state index in [1.165, 1.54) is 61.1 Å². The van der Waals surface area contributed by atoms with E-state index in [0.29, 0.717) is 35.3 Å². The monoisotopic (exact) mass is 1500 g/mol. The summed E-state index contributed by atoms with van der Waals surface area (Å²) in [5.41, 5.74) is 1.93. The number of esters is 3. The first kappa shape index (κ1) is 83.5. The van der Waals surface area contributed by atoms with Gasteiger partial charge in [0.25, 0.3) is 0 Å². The van der Waals surface area contributed by atoms with E-state index in [1.54, 1.807) is 31.2 Å². The first-order chi connectivity index (χ1) is 42.6. The molecule has 3 saturated heterocycles. The van der Waals surface area contributed by atoms with Crippen LogP contribution in [-0.4, -0.2) is 172 Å². The maximum absolute atomic E-state index is 12.5. The number of carboxylic acids is 1. The van der Waals surface area contributed by atoms with E-state index >= 15 is 0 Å². The van der Waals surface area contributed by atoms with Gasteiger partial charge in [0.2, 0.25) is 0 Å². The summed E-state index contributed by atoms with van der Waals surface area (Å²) in [7, 11) is 12.2. The van der Waals surface area contributed by atoms with Crippen molar-refractivity contribution in [3.63, 3.8) is 0 Å². The number of hydrogen-bond acceptors (Lipinski definition) is 28. The van der Waals surface area contributed by atoms with Crippen LogP contribution in [0.3, 0.4) is 0 Å². The molecule has 510 valence electrons. The van der Waals surface area contributed by atoms with Crippen molar-refractivity contribution in [3.8, 4) is 5.75 Å². The summed E-state index contributed by atoms with van der Waals surface area (Å²) < 4.78 is 97.0. The lowest BCUT2D eigenvalue weighted by molar-refractivity contribution is -0.148. The van der Waals surface area contributed by atoms with Crippen LogP contribution in [0, 0.1) is 6.92 Å². The van der Waals surface area contributed by atoms with Gasteiger partial charge in [0.1, 0.15) is 56.1 Å². The Labute approximate surface area is 563 Å². The quantitative estimate of drug-likeness (QED) is 0.0122. The molecule has 3 aliphatic heterocycles. The highest BCUT2D eigenvalue weighted by Crippen LogP contribution is 2.41. The molecule has 3 aromatic rings. The van der Waals surface area contributed by atoms with Gasteiger partial charge in [-0.05, 0) is 94.0 Å². The molecule has 6 rings (SSSR count). The van der Waals surface area contributed by atoms with E-state index in [0.717, 1.165) is 61.3 Å². The number of aliphatic hydroxyl groups is 4. The number of carboxylic acid groups (broad SMARTS) is 1. The van der Waals surface area contributed by atoms with Crippen LogP contribution in [0.25, 0.3) is 0 Å². The molecule has 3 aliphatic rings. The van der Waals surface area contributed by atoms with E-state index in [9.17, 15) is 51.0 Å². The van der Waals surface area contributed by atoms with E-state index < -0.39 is 90.0 Å². The summed E-state index contributed by atoms with van der Waals surface area (Å²) >= 11 is 0. The maximum Gasteiger partial charge on any atom is 0.451 e. The summed E-state index contributed by atoms with van der Waals surface area (Å²) in [6.45, 7) is -0.551. The Bertz CT molecular complexity index is 2880. The average molecular weight is 1500 g/mol. The zero-order valence-electron chi connectivity index (χ0n) is 49.0. The van der Waals surface area contributed by atoms with Gasteiger partial charge < -0.3 is 48.7 Å². The van der Waals surface area contributed by atoms with Gasteiger partial charge in [-0.2, -0.15) is 25.3 Å². The van der Waals surface area contributed by atoms with Crippen molar-refractivity contribution in [2.45, 2.75) is 144 Å². The van der Waals surface area contributed by atoms with Crippen molar-refractivity contribution in [2.24, 2.45) is 0 Å². The molecular formula is C55H77Cl3O23S9. The number of carbonyl (C=O) groups excluding carboxylic acids is 4. The van der Waals surface area contributed by atoms with Crippen LogP contribution in [0.5, 0.6) is 5.75 Å². The van der Waals surface area contributed by atoms with Crippen LogP contribution in [0.15, 0.2) is 78.9 Å². The van der Waals surface area contributed by atoms with Crippen LogP contribution in [0.2, 0.25) is 0 Å². The largest absolute Gasteiger partial charge is 0.488 e. The van der Waals surface area contributed by atoms with E-state index in [4.69, 9.17) is 53.4 Å². The number of aryl methyl sites for hydroxylation is 1. The Morgan fingerprint density at radius 3 is 1.33 bits per heavy atom. The molecule has 0 unspecified atom stereocenters. The summed E-state index contributed by atoms with van der Waals surface area (Å²) in [6.07, 6.45) is 9.62. The molecule has 3 fully saturated rings. The third-order valence-corrected chi connectivity index (χ3v) is 22.4. The van der Waals surface area contributed by atoms with Crippen molar-refractivity contribution in [1.29, 1.82) is 0 Å². The minimum atomic E-state index is -4.78. The second-order valence-corrected chi connectivity index (χ2v) is 34.8. The number of carbonyl (C=O) groups is 5. The number of para-hydroxylation sites is 1. The Hall–Kier alpha value is -2.61. The van der Waals surface area contributed by atoms with E-state index in [1.807, 2.05) is 101 Å². The Balaban J connectivity index is 0.000000438. The molecule has 0 aromatic heterocycles. The first-order valence-corrected chi connectivity index (χ1v) is 41.9. The van der Waals surface area contributed by atoms with Gasteiger partial charge in [0.05, 0.1) is 25.4 Å². The zero-order valence-corrected chi connectivity index (χ0v) is 58.7. The Morgan fingerprint density at radius 2 is 0.944 bits per heavy atom. The summed E-state index contributed by atoms with van der Waals surface area (Å²) in [6, 6.07) is 22.2. The standard InChI is InChI=1S/C25H30O9S3.C11H19ClO6S3.C11H20O4S2.C8H8O2.Cl2O2S/c26-20(17-32-24(27)13-7-4-10-21-14-15-35-36-21)18-33-37(29,30)34-25(28)22-11-5-6-12-23(22)31-16-19-8-2-1-3-9-19;12-21(15,16)18-8-9(13)7-17-11(14)4-2-1-3-10-5-6-19-20-10;12-7-9(13)8-15-11(14)4-2-1-3-10-5-6-16-17-10;1-6-4-2-3-5-7(6)8(9)10;1-5(2,3)4/h1-3,5-6,8-9,11-12,20-21,26H,4,7,10,13-18H2;9-10,13H,1-8H2;9-10,12-13H,1-8H2;2-5H,1H3,(H,9,10);/t20-,21-;9-,10-;9-,10+;;/m110../s1. The van der Waals surface area contributed by atoms with Crippen LogP contribution in [-0.2, 0) is 75.7 Å². The van der Waals surface area contributed by atoms with Crippen LogP contribution >= 0.6 is 96.8 Å². The highest BCUT2D eigenvalue weighted by molar-refractivity contribution is 8.78. The van der Waals surface area contributed by atoms with Gasteiger partial charge >= 0.3 is 57.8 Å². The molecule has 0 spiro atoms. The van der Waals surface area contributed by atoms with Gasteiger partial charge in [0, 0.05) is 84.3 Å². The molecule has 23 nitrogen and oxygen atoms in total. The minimum Gasteiger partial charge on any atom is -0.488 e. The van der Waals surface area contributed by atoms with Crippen molar-refractivity contribution in [2.75, 3.05) is 56.9 Å². The van der Waals surface area contributed by atoms with Gasteiger partial charge in [0.15, 0.2) is 0 Å². The molecule has 0 aliphatic carbocycles.